The fourth-order valence-corrected chi connectivity index (χ4v) is 6.96. The van der Waals surface area contributed by atoms with Crippen molar-refractivity contribution in [3.8, 4) is 22.5 Å². The van der Waals surface area contributed by atoms with Gasteiger partial charge in [0.2, 0.25) is 5.91 Å². The van der Waals surface area contributed by atoms with Crippen molar-refractivity contribution in [3.05, 3.63) is 96.6 Å². The van der Waals surface area contributed by atoms with Crippen molar-refractivity contribution in [1.29, 1.82) is 0 Å². The largest absolute Gasteiger partial charge is 0.334 e. The van der Waals surface area contributed by atoms with E-state index in [0.29, 0.717) is 18.1 Å². The molecule has 0 saturated carbocycles. The summed E-state index contributed by atoms with van der Waals surface area (Å²) in [6.07, 6.45) is 0.475. The number of carbonyl (C=O) groups is 1. The monoisotopic (exact) mass is 517 g/mol. The van der Waals surface area contributed by atoms with E-state index in [1.165, 1.54) is 11.8 Å². The maximum Gasteiger partial charge on any atom is 0.233 e. The topological polar surface area (TPSA) is 83.1 Å². The van der Waals surface area contributed by atoms with Crippen molar-refractivity contribution in [2.45, 2.75) is 24.2 Å². The van der Waals surface area contributed by atoms with E-state index in [4.69, 9.17) is 4.98 Å². The number of H-pyrrole nitrogens is 1. The van der Waals surface area contributed by atoms with Gasteiger partial charge in [-0.1, -0.05) is 103 Å². The molecule has 1 atom stereocenters. The number of hydrogen-bond acceptors (Lipinski definition) is 5. The Labute approximate surface area is 215 Å². The van der Waals surface area contributed by atoms with E-state index >= 15 is 0 Å². The number of carbonyl (C=O) groups excluding carboxylic acids is 1. The van der Waals surface area contributed by atoms with Gasteiger partial charge < -0.3 is 9.88 Å². The molecule has 1 amide bonds. The van der Waals surface area contributed by atoms with Crippen LogP contribution in [-0.2, 0) is 21.2 Å². The number of nitrogens with one attached hydrogen (secondary N) is 1. The number of aromatic amines is 1. The molecule has 6 nitrogen and oxygen atoms in total. The number of sulfone groups is 1. The van der Waals surface area contributed by atoms with Gasteiger partial charge in [0.1, 0.15) is 0 Å². The molecule has 0 bridgehead atoms. The Morgan fingerprint density at radius 2 is 1.53 bits per heavy atom. The first-order valence-electron chi connectivity index (χ1n) is 11.9. The molecule has 0 spiro atoms. The summed E-state index contributed by atoms with van der Waals surface area (Å²) >= 11 is 1.34. The lowest BCUT2D eigenvalue weighted by atomic mass is 10.1. The summed E-state index contributed by atoms with van der Waals surface area (Å²) in [7, 11) is -3.12. The summed E-state index contributed by atoms with van der Waals surface area (Å²) in [5.74, 6) is 0.222. The van der Waals surface area contributed by atoms with Crippen LogP contribution in [0.15, 0.2) is 96.2 Å². The highest BCUT2D eigenvalue weighted by Gasteiger charge is 2.34. The van der Waals surface area contributed by atoms with Gasteiger partial charge in [0.05, 0.1) is 28.6 Å². The SMILES string of the molecule is O=C(CSc1nc(-c2ccccc2)c(-c2ccccc2)[nH]1)N(Cc1ccccc1)[C@H]1CCS(=O)(=O)C1. The Bertz CT molecular complexity index is 1370. The predicted molar refractivity (Wildman–Crippen MR) is 144 cm³/mol. The minimum Gasteiger partial charge on any atom is -0.334 e. The van der Waals surface area contributed by atoms with Crippen LogP contribution in [0.2, 0.25) is 0 Å². The number of amides is 1. The van der Waals surface area contributed by atoms with E-state index in [9.17, 15) is 13.2 Å². The lowest BCUT2D eigenvalue weighted by molar-refractivity contribution is -0.130. The molecule has 184 valence electrons. The molecule has 4 aromatic rings. The van der Waals surface area contributed by atoms with E-state index in [0.717, 1.165) is 28.1 Å². The normalized spacial score (nSPS) is 16.6. The second-order valence-corrected chi connectivity index (χ2v) is 12.0. The van der Waals surface area contributed by atoms with Crippen LogP contribution < -0.4 is 0 Å². The molecule has 1 aromatic heterocycles. The number of benzene rings is 3. The standard InChI is InChI=1S/C28H27N3O3S2/c32-25(31(18-21-10-4-1-5-11-21)24-16-17-36(33,34)20-24)19-35-28-29-26(22-12-6-2-7-13-22)27(30-28)23-14-8-3-9-15-23/h1-15,24H,16-20H2,(H,29,30)/t24-/m0/s1. The number of nitrogens with zero attached hydrogens (tertiary/aromatic N) is 2. The molecule has 1 aliphatic rings. The average molecular weight is 518 g/mol. The van der Waals surface area contributed by atoms with Crippen LogP contribution in [0.4, 0.5) is 0 Å². The zero-order valence-electron chi connectivity index (χ0n) is 19.7. The smallest absolute Gasteiger partial charge is 0.233 e. The molecular formula is C28H27N3O3S2. The number of thioether (sulfide) groups is 1. The van der Waals surface area contributed by atoms with E-state index in [1.54, 1.807) is 4.90 Å². The molecule has 1 N–H and O–H groups in total. The molecule has 0 unspecified atom stereocenters. The summed E-state index contributed by atoms with van der Waals surface area (Å²) in [4.78, 5) is 23.4. The van der Waals surface area contributed by atoms with Crippen LogP contribution in [0.5, 0.6) is 0 Å². The Morgan fingerprint density at radius 1 is 0.917 bits per heavy atom. The number of imidazole rings is 1. The summed E-state index contributed by atoms with van der Waals surface area (Å²) in [6.45, 7) is 0.392. The van der Waals surface area contributed by atoms with E-state index in [1.807, 2.05) is 91.0 Å². The van der Waals surface area contributed by atoms with Gasteiger partial charge in [-0.15, -0.1) is 0 Å². The number of hydrogen-bond donors (Lipinski definition) is 1. The number of rotatable bonds is 8. The molecule has 8 heteroatoms. The Kier molecular flexibility index (Phi) is 7.25. The fraction of sp³-hybridized carbons (Fsp3) is 0.214. The van der Waals surface area contributed by atoms with Gasteiger partial charge in [-0.2, -0.15) is 0 Å². The van der Waals surface area contributed by atoms with Gasteiger partial charge in [0.25, 0.3) is 0 Å². The van der Waals surface area contributed by atoms with Gasteiger partial charge in [0.15, 0.2) is 15.0 Å². The lowest BCUT2D eigenvalue weighted by Crippen LogP contribution is -2.41. The molecule has 1 aliphatic heterocycles. The maximum atomic E-state index is 13.4. The summed E-state index contributed by atoms with van der Waals surface area (Å²) in [6, 6.07) is 29.4. The van der Waals surface area contributed by atoms with Crippen molar-refractivity contribution in [1.82, 2.24) is 14.9 Å². The molecular weight excluding hydrogens is 490 g/mol. The van der Waals surface area contributed by atoms with Crippen LogP contribution in [0, 0.1) is 0 Å². The van der Waals surface area contributed by atoms with Crippen LogP contribution in [0.1, 0.15) is 12.0 Å². The Hall–Kier alpha value is -3.36. The van der Waals surface area contributed by atoms with Crippen LogP contribution in [-0.4, -0.2) is 52.5 Å². The quantitative estimate of drug-likeness (QED) is 0.331. The minimum absolute atomic E-state index is 0.0211. The predicted octanol–water partition coefficient (Wildman–Crippen LogP) is 5.05. The third kappa shape index (κ3) is 5.71. The molecule has 1 saturated heterocycles. The highest BCUT2D eigenvalue weighted by Crippen LogP contribution is 2.33. The van der Waals surface area contributed by atoms with Gasteiger partial charge in [-0.3, -0.25) is 4.79 Å². The summed E-state index contributed by atoms with van der Waals surface area (Å²) in [5.41, 5.74) is 4.73. The third-order valence-electron chi connectivity index (χ3n) is 6.29. The van der Waals surface area contributed by atoms with Crippen LogP contribution in [0.3, 0.4) is 0 Å². The first-order valence-corrected chi connectivity index (χ1v) is 14.7. The molecule has 0 aliphatic carbocycles. The minimum atomic E-state index is -3.12. The highest BCUT2D eigenvalue weighted by atomic mass is 32.2. The Morgan fingerprint density at radius 3 is 2.14 bits per heavy atom. The second-order valence-electron chi connectivity index (χ2n) is 8.85. The van der Waals surface area contributed by atoms with Crippen molar-refractivity contribution in [2.75, 3.05) is 17.3 Å². The molecule has 3 aromatic carbocycles. The first-order chi connectivity index (χ1) is 17.5. The van der Waals surface area contributed by atoms with Gasteiger partial charge in [-0.05, 0) is 12.0 Å². The molecule has 0 radical (unpaired) electrons. The molecule has 36 heavy (non-hydrogen) atoms. The number of aromatic nitrogens is 2. The van der Waals surface area contributed by atoms with Crippen molar-refractivity contribution in [2.24, 2.45) is 0 Å². The average Bonchev–Trinajstić information content (AvgIpc) is 3.50. The van der Waals surface area contributed by atoms with Crippen molar-refractivity contribution in [3.63, 3.8) is 0 Å². The van der Waals surface area contributed by atoms with Crippen molar-refractivity contribution < 1.29 is 13.2 Å². The fourth-order valence-electron chi connectivity index (χ4n) is 4.47. The zero-order chi connectivity index (χ0) is 25.0. The van der Waals surface area contributed by atoms with Gasteiger partial charge in [0, 0.05) is 23.7 Å². The van der Waals surface area contributed by atoms with Gasteiger partial charge >= 0.3 is 0 Å². The van der Waals surface area contributed by atoms with Crippen LogP contribution in [0.25, 0.3) is 22.5 Å². The first kappa shape index (κ1) is 24.3. The second kappa shape index (κ2) is 10.7. The molecule has 2 heterocycles. The summed E-state index contributed by atoms with van der Waals surface area (Å²) in [5, 5.41) is 0.653. The maximum absolute atomic E-state index is 13.4. The van der Waals surface area contributed by atoms with Gasteiger partial charge in [-0.25, -0.2) is 13.4 Å². The van der Waals surface area contributed by atoms with E-state index in [-0.39, 0.29) is 29.2 Å². The lowest BCUT2D eigenvalue weighted by Gasteiger charge is -2.28. The Balaban J connectivity index is 1.38. The van der Waals surface area contributed by atoms with Crippen LogP contribution >= 0.6 is 11.8 Å². The van der Waals surface area contributed by atoms with E-state index < -0.39 is 9.84 Å². The van der Waals surface area contributed by atoms with E-state index in [2.05, 4.69) is 4.98 Å². The molecule has 1 fully saturated rings. The molecule has 5 rings (SSSR count). The van der Waals surface area contributed by atoms with Crippen molar-refractivity contribution >= 4 is 27.5 Å². The summed E-state index contributed by atoms with van der Waals surface area (Å²) < 4.78 is 24.3. The zero-order valence-corrected chi connectivity index (χ0v) is 21.3. The highest BCUT2D eigenvalue weighted by molar-refractivity contribution is 7.99. The third-order valence-corrected chi connectivity index (χ3v) is 8.90.